The van der Waals surface area contributed by atoms with Crippen molar-refractivity contribution in [2.24, 2.45) is 0 Å². The first-order valence-corrected chi connectivity index (χ1v) is 6.01. The fraction of sp³-hybridized carbons (Fsp3) is 0.364. The summed E-state index contributed by atoms with van der Waals surface area (Å²) < 4.78 is 5.49. The highest BCUT2D eigenvalue weighted by molar-refractivity contribution is 6.35. The fourth-order valence-corrected chi connectivity index (χ4v) is 1.99. The number of hydrogen-bond acceptors (Lipinski definition) is 2. The van der Waals surface area contributed by atoms with Crippen LogP contribution in [0.1, 0.15) is 18.4 Å². The second-order valence-electron chi connectivity index (χ2n) is 3.12. The molecule has 16 heavy (non-hydrogen) atoms. The molecule has 1 aromatic carbocycles. The van der Waals surface area contributed by atoms with Crippen LogP contribution >= 0.6 is 34.8 Å². The molecule has 5 heteroatoms. The van der Waals surface area contributed by atoms with E-state index in [4.69, 9.17) is 44.8 Å². The van der Waals surface area contributed by atoms with Crippen LogP contribution in [0.4, 0.5) is 0 Å². The average molecular weight is 279 g/mol. The Morgan fingerprint density at radius 1 is 1.31 bits per heavy atom. The van der Waals surface area contributed by atoms with Crippen LogP contribution in [0.25, 0.3) is 0 Å². The third-order valence-electron chi connectivity index (χ3n) is 1.91. The Labute approximate surface area is 110 Å². The third kappa shape index (κ3) is 3.75. The summed E-state index contributed by atoms with van der Waals surface area (Å²) in [4.78, 5) is 0. The molecule has 0 spiro atoms. The SMILES string of the molecule is N#CCCCOc1c(Cl)cc(Cl)cc1CCl. The van der Waals surface area contributed by atoms with Crippen LogP contribution in [0.2, 0.25) is 10.0 Å². The van der Waals surface area contributed by atoms with Crippen LogP contribution in [-0.2, 0) is 5.88 Å². The molecule has 0 aliphatic rings. The van der Waals surface area contributed by atoms with E-state index in [9.17, 15) is 0 Å². The minimum atomic E-state index is 0.286. The first kappa shape index (κ1) is 13.4. The molecule has 0 amide bonds. The van der Waals surface area contributed by atoms with Gasteiger partial charge in [0.2, 0.25) is 0 Å². The minimum Gasteiger partial charge on any atom is -0.492 e. The lowest BCUT2D eigenvalue weighted by Crippen LogP contribution is -2.00. The minimum absolute atomic E-state index is 0.286. The third-order valence-corrected chi connectivity index (χ3v) is 2.70. The second-order valence-corrected chi connectivity index (χ2v) is 4.23. The van der Waals surface area contributed by atoms with Crippen molar-refractivity contribution in [1.82, 2.24) is 0 Å². The molecule has 0 N–H and O–H groups in total. The summed E-state index contributed by atoms with van der Waals surface area (Å²) in [6.07, 6.45) is 1.12. The quantitative estimate of drug-likeness (QED) is 0.590. The molecule has 0 atom stereocenters. The van der Waals surface area contributed by atoms with Crippen molar-refractivity contribution >= 4 is 34.8 Å². The van der Waals surface area contributed by atoms with Crippen LogP contribution < -0.4 is 4.74 Å². The number of unbranched alkanes of at least 4 members (excludes halogenated alkanes) is 1. The molecule has 0 fully saturated rings. The molecular weight excluding hydrogens is 268 g/mol. The number of nitriles is 1. The molecule has 0 heterocycles. The van der Waals surface area contributed by atoms with Crippen molar-refractivity contribution in [1.29, 1.82) is 5.26 Å². The Bertz CT molecular complexity index is 401. The van der Waals surface area contributed by atoms with Crippen molar-refractivity contribution in [2.45, 2.75) is 18.7 Å². The van der Waals surface area contributed by atoms with E-state index >= 15 is 0 Å². The van der Waals surface area contributed by atoms with Gasteiger partial charge in [-0.15, -0.1) is 11.6 Å². The number of nitrogens with zero attached hydrogens (tertiary/aromatic N) is 1. The first-order chi connectivity index (χ1) is 7.69. The van der Waals surface area contributed by atoms with E-state index in [0.29, 0.717) is 35.2 Å². The van der Waals surface area contributed by atoms with E-state index in [1.54, 1.807) is 12.1 Å². The van der Waals surface area contributed by atoms with E-state index < -0.39 is 0 Å². The Balaban J connectivity index is 2.74. The maximum atomic E-state index is 8.39. The molecule has 86 valence electrons. The van der Waals surface area contributed by atoms with Gasteiger partial charge in [-0.2, -0.15) is 5.26 Å². The number of benzene rings is 1. The summed E-state index contributed by atoms with van der Waals surface area (Å²) in [5, 5.41) is 9.36. The van der Waals surface area contributed by atoms with Gasteiger partial charge in [0, 0.05) is 17.0 Å². The zero-order valence-electron chi connectivity index (χ0n) is 8.47. The summed E-state index contributed by atoms with van der Waals surface area (Å²) in [5.74, 6) is 0.840. The molecule has 0 aliphatic heterocycles. The van der Waals surface area contributed by atoms with E-state index in [1.807, 2.05) is 6.07 Å². The lowest BCUT2D eigenvalue weighted by molar-refractivity contribution is 0.310. The molecule has 1 rings (SSSR count). The van der Waals surface area contributed by atoms with Gasteiger partial charge in [0.25, 0.3) is 0 Å². The highest BCUT2D eigenvalue weighted by Crippen LogP contribution is 2.33. The van der Waals surface area contributed by atoms with E-state index in [-0.39, 0.29) is 5.88 Å². The van der Waals surface area contributed by atoms with Crippen molar-refractivity contribution in [3.8, 4) is 11.8 Å². The van der Waals surface area contributed by atoms with Gasteiger partial charge in [-0.3, -0.25) is 0 Å². The number of alkyl halides is 1. The van der Waals surface area contributed by atoms with Gasteiger partial charge in [0.1, 0.15) is 5.75 Å². The lowest BCUT2D eigenvalue weighted by atomic mass is 10.2. The number of hydrogen-bond donors (Lipinski definition) is 0. The van der Waals surface area contributed by atoms with Crippen LogP contribution in [0, 0.1) is 11.3 Å². The fourth-order valence-electron chi connectivity index (χ4n) is 1.20. The zero-order chi connectivity index (χ0) is 12.0. The number of halogens is 3. The molecule has 0 bridgehead atoms. The Morgan fingerprint density at radius 3 is 2.69 bits per heavy atom. The second kappa shape index (κ2) is 6.85. The van der Waals surface area contributed by atoms with Gasteiger partial charge < -0.3 is 4.74 Å². The molecule has 0 saturated carbocycles. The molecule has 0 saturated heterocycles. The summed E-state index contributed by atoms with van der Waals surface area (Å²) in [7, 11) is 0. The molecule has 0 unspecified atom stereocenters. The van der Waals surface area contributed by atoms with Crippen LogP contribution in [-0.4, -0.2) is 6.61 Å². The van der Waals surface area contributed by atoms with Crippen LogP contribution in [0.5, 0.6) is 5.75 Å². The monoisotopic (exact) mass is 277 g/mol. The van der Waals surface area contributed by atoms with E-state index in [0.717, 1.165) is 5.56 Å². The van der Waals surface area contributed by atoms with Crippen LogP contribution in [0.3, 0.4) is 0 Å². The van der Waals surface area contributed by atoms with E-state index in [1.165, 1.54) is 0 Å². The van der Waals surface area contributed by atoms with Crippen molar-refractivity contribution < 1.29 is 4.74 Å². The lowest BCUT2D eigenvalue weighted by Gasteiger charge is -2.11. The standard InChI is InChI=1S/C11H10Cl3NO/c12-7-8-5-9(13)6-10(14)11(8)16-4-2-1-3-15/h5-6H,1-2,4,7H2. The molecule has 0 aromatic heterocycles. The van der Waals surface area contributed by atoms with Crippen molar-refractivity contribution in [3.63, 3.8) is 0 Å². The molecule has 0 aliphatic carbocycles. The Kier molecular flexibility index (Phi) is 5.76. The average Bonchev–Trinajstić information content (AvgIpc) is 2.26. The van der Waals surface area contributed by atoms with Gasteiger partial charge >= 0.3 is 0 Å². The Morgan fingerprint density at radius 2 is 2.06 bits per heavy atom. The normalized spacial score (nSPS) is 9.88. The van der Waals surface area contributed by atoms with Gasteiger partial charge in [0.05, 0.1) is 23.6 Å². The predicted octanol–water partition coefficient (Wildman–Crippen LogP) is 4.41. The predicted molar refractivity (Wildman–Crippen MR) is 66.4 cm³/mol. The molecule has 2 nitrogen and oxygen atoms in total. The van der Waals surface area contributed by atoms with Gasteiger partial charge in [-0.1, -0.05) is 23.2 Å². The summed E-state index contributed by atoms with van der Waals surface area (Å²) in [6.45, 7) is 0.443. The topological polar surface area (TPSA) is 33.0 Å². The summed E-state index contributed by atoms with van der Waals surface area (Å²) in [5.41, 5.74) is 0.760. The van der Waals surface area contributed by atoms with Crippen LogP contribution in [0.15, 0.2) is 12.1 Å². The number of ether oxygens (including phenoxy) is 1. The largest absolute Gasteiger partial charge is 0.492 e. The van der Waals surface area contributed by atoms with Crippen molar-refractivity contribution in [2.75, 3.05) is 6.61 Å². The first-order valence-electron chi connectivity index (χ1n) is 4.72. The molecule has 0 radical (unpaired) electrons. The summed E-state index contributed by atoms with van der Waals surface area (Å²) in [6, 6.07) is 5.38. The highest BCUT2D eigenvalue weighted by Gasteiger charge is 2.09. The zero-order valence-corrected chi connectivity index (χ0v) is 10.7. The van der Waals surface area contributed by atoms with Gasteiger partial charge in [-0.05, 0) is 18.6 Å². The highest BCUT2D eigenvalue weighted by atomic mass is 35.5. The maximum Gasteiger partial charge on any atom is 0.142 e. The van der Waals surface area contributed by atoms with Gasteiger partial charge in [0.15, 0.2) is 0 Å². The van der Waals surface area contributed by atoms with E-state index in [2.05, 4.69) is 0 Å². The molecule has 1 aromatic rings. The number of rotatable bonds is 5. The maximum absolute atomic E-state index is 8.39. The summed E-state index contributed by atoms with van der Waals surface area (Å²) >= 11 is 17.6. The van der Waals surface area contributed by atoms with Gasteiger partial charge in [-0.25, -0.2) is 0 Å². The van der Waals surface area contributed by atoms with Crippen molar-refractivity contribution in [3.05, 3.63) is 27.7 Å². The molecular formula is C11H10Cl3NO. The Hall–Kier alpha value is -0.620. The smallest absolute Gasteiger partial charge is 0.142 e.